The Kier molecular flexibility index (Phi) is 6.32. The number of rotatable bonds is 7. The minimum Gasteiger partial charge on any atom is -0.389 e. The van der Waals surface area contributed by atoms with Crippen LogP contribution in [0, 0.1) is 10.1 Å². The maximum atomic E-state index is 10.7. The number of benzene rings is 1. The molecule has 1 unspecified atom stereocenters. The summed E-state index contributed by atoms with van der Waals surface area (Å²) < 4.78 is 5.42. The first-order valence-corrected chi connectivity index (χ1v) is 7.97. The lowest BCUT2D eigenvalue weighted by atomic mass is 10.2. The second-order valence-corrected chi connectivity index (χ2v) is 6.10. The molecule has 23 heavy (non-hydrogen) atoms. The molecule has 1 aromatic carbocycles. The molecule has 0 bridgehead atoms. The van der Waals surface area contributed by atoms with E-state index in [1.165, 1.54) is 12.1 Å². The smallest absolute Gasteiger partial charge is 0.269 e. The predicted molar refractivity (Wildman–Crippen MR) is 88.8 cm³/mol. The Morgan fingerprint density at radius 1 is 1.22 bits per heavy atom. The summed E-state index contributed by atoms with van der Waals surface area (Å²) in [4.78, 5) is 14.7. The summed E-state index contributed by atoms with van der Waals surface area (Å²) >= 11 is 0. The lowest BCUT2D eigenvalue weighted by Gasteiger charge is -2.36. The average molecular weight is 323 g/mol. The van der Waals surface area contributed by atoms with Crippen molar-refractivity contribution in [2.24, 2.45) is 0 Å². The molecule has 1 atom stereocenters. The molecule has 1 aliphatic rings. The van der Waals surface area contributed by atoms with E-state index in [1.54, 1.807) is 12.1 Å². The second kappa shape index (κ2) is 8.24. The Balaban J connectivity index is 1.78. The van der Waals surface area contributed by atoms with E-state index in [4.69, 9.17) is 4.74 Å². The molecule has 0 aliphatic carbocycles. The number of anilines is 1. The van der Waals surface area contributed by atoms with Gasteiger partial charge in [0.15, 0.2) is 0 Å². The lowest BCUT2D eigenvalue weighted by Crippen LogP contribution is -2.49. The van der Waals surface area contributed by atoms with Gasteiger partial charge in [0.05, 0.1) is 23.7 Å². The van der Waals surface area contributed by atoms with Crippen molar-refractivity contribution in [1.29, 1.82) is 0 Å². The van der Waals surface area contributed by atoms with E-state index in [-0.39, 0.29) is 16.7 Å². The molecular formula is C16H25N3O4. The van der Waals surface area contributed by atoms with Gasteiger partial charge in [-0.1, -0.05) is 0 Å². The number of nitro benzene ring substituents is 1. The van der Waals surface area contributed by atoms with Gasteiger partial charge in [-0.15, -0.1) is 0 Å². The van der Waals surface area contributed by atoms with Crippen LogP contribution in [0.15, 0.2) is 24.3 Å². The van der Waals surface area contributed by atoms with Crippen molar-refractivity contribution in [2.45, 2.75) is 26.1 Å². The Hall–Kier alpha value is -1.70. The molecule has 0 aromatic heterocycles. The highest BCUT2D eigenvalue weighted by Gasteiger charge is 2.20. The van der Waals surface area contributed by atoms with Gasteiger partial charge in [0.1, 0.15) is 0 Å². The number of aliphatic hydroxyl groups excluding tert-OH is 1. The third-order valence-corrected chi connectivity index (χ3v) is 3.89. The van der Waals surface area contributed by atoms with Gasteiger partial charge in [-0.2, -0.15) is 0 Å². The number of piperazine rings is 1. The third-order valence-electron chi connectivity index (χ3n) is 3.89. The van der Waals surface area contributed by atoms with Crippen molar-refractivity contribution in [2.75, 3.05) is 44.2 Å². The van der Waals surface area contributed by atoms with Gasteiger partial charge in [-0.3, -0.25) is 15.0 Å². The van der Waals surface area contributed by atoms with E-state index in [1.807, 2.05) is 13.8 Å². The fourth-order valence-corrected chi connectivity index (χ4v) is 2.63. The fraction of sp³-hybridized carbons (Fsp3) is 0.625. The molecule has 1 aliphatic heterocycles. The first-order valence-electron chi connectivity index (χ1n) is 7.97. The van der Waals surface area contributed by atoms with Crippen molar-refractivity contribution < 1.29 is 14.8 Å². The maximum Gasteiger partial charge on any atom is 0.269 e. The van der Waals surface area contributed by atoms with Crippen LogP contribution in [0.25, 0.3) is 0 Å². The highest BCUT2D eigenvalue weighted by molar-refractivity contribution is 5.51. The summed E-state index contributed by atoms with van der Waals surface area (Å²) in [6.07, 6.45) is -0.341. The van der Waals surface area contributed by atoms with Crippen LogP contribution in [-0.2, 0) is 4.74 Å². The SMILES string of the molecule is CC(C)OCC(O)CN1CCN(c2ccc([N+](=O)[O-])cc2)CC1. The quantitative estimate of drug-likeness (QED) is 0.605. The molecule has 2 rings (SSSR count). The molecule has 7 heteroatoms. The normalized spacial score (nSPS) is 17.5. The Labute approximate surface area is 136 Å². The maximum absolute atomic E-state index is 10.7. The van der Waals surface area contributed by atoms with Crippen LogP contribution in [-0.4, -0.2) is 66.5 Å². The highest BCUT2D eigenvalue weighted by Crippen LogP contribution is 2.20. The zero-order valence-electron chi connectivity index (χ0n) is 13.7. The van der Waals surface area contributed by atoms with E-state index in [9.17, 15) is 15.2 Å². The number of hydrogen-bond acceptors (Lipinski definition) is 6. The highest BCUT2D eigenvalue weighted by atomic mass is 16.6. The summed E-state index contributed by atoms with van der Waals surface area (Å²) in [5.74, 6) is 0. The Bertz CT molecular complexity index is 499. The first-order chi connectivity index (χ1) is 11.0. The standard InChI is InChI=1S/C16H25N3O4/c1-13(2)23-12-16(20)11-17-7-9-18(10-8-17)14-3-5-15(6-4-14)19(21)22/h3-6,13,16,20H,7-12H2,1-2H3. The van der Waals surface area contributed by atoms with Crippen LogP contribution in [0.1, 0.15) is 13.8 Å². The average Bonchev–Trinajstić information content (AvgIpc) is 2.54. The van der Waals surface area contributed by atoms with Crippen molar-refractivity contribution in [1.82, 2.24) is 4.90 Å². The van der Waals surface area contributed by atoms with Gasteiger partial charge in [0.2, 0.25) is 0 Å². The number of nitro groups is 1. The fourth-order valence-electron chi connectivity index (χ4n) is 2.63. The topological polar surface area (TPSA) is 79.1 Å². The summed E-state index contributed by atoms with van der Waals surface area (Å²) in [7, 11) is 0. The molecule has 0 radical (unpaired) electrons. The van der Waals surface area contributed by atoms with Crippen LogP contribution >= 0.6 is 0 Å². The van der Waals surface area contributed by atoms with E-state index in [2.05, 4.69) is 9.80 Å². The number of ether oxygens (including phenoxy) is 1. The Morgan fingerprint density at radius 3 is 2.35 bits per heavy atom. The van der Waals surface area contributed by atoms with E-state index < -0.39 is 6.10 Å². The van der Waals surface area contributed by atoms with E-state index >= 15 is 0 Å². The van der Waals surface area contributed by atoms with Crippen LogP contribution < -0.4 is 4.90 Å². The zero-order valence-corrected chi connectivity index (χ0v) is 13.7. The largest absolute Gasteiger partial charge is 0.389 e. The predicted octanol–water partition coefficient (Wildman–Crippen LogP) is 1.50. The van der Waals surface area contributed by atoms with Gasteiger partial charge < -0.3 is 14.7 Å². The van der Waals surface area contributed by atoms with E-state index in [0.29, 0.717) is 13.2 Å². The van der Waals surface area contributed by atoms with E-state index in [0.717, 1.165) is 31.9 Å². The van der Waals surface area contributed by atoms with Gasteiger partial charge in [0, 0.05) is 50.5 Å². The molecule has 0 saturated carbocycles. The second-order valence-electron chi connectivity index (χ2n) is 6.10. The minimum absolute atomic E-state index is 0.112. The molecule has 1 saturated heterocycles. The minimum atomic E-state index is -0.469. The van der Waals surface area contributed by atoms with Crippen LogP contribution in [0.4, 0.5) is 11.4 Å². The number of non-ortho nitro benzene ring substituents is 1. The van der Waals surface area contributed by atoms with Crippen molar-refractivity contribution in [3.05, 3.63) is 34.4 Å². The molecule has 0 amide bonds. The van der Waals surface area contributed by atoms with Crippen molar-refractivity contribution in [3.63, 3.8) is 0 Å². The van der Waals surface area contributed by atoms with Crippen LogP contribution in [0.2, 0.25) is 0 Å². The Morgan fingerprint density at radius 2 is 1.83 bits per heavy atom. The molecule has 128 valence electrons. The van der Waals surface area contributed by atoms with Gasteiger partial charge in [0.25, 0.3) is 5.69 Å². The molecule has 1 heterocycles. The summed E-state index contributed by atoms with van der Waals surface area (Å²) in [5, 5.41) is 20.7. The van der Waals surface area contributed by atoms with Crippen LogP contribution in [0.3, 0.4) is 0 Å². The first kappa shape index (κ1) is 17.7. The van der Waals surface area contributed by atoms with Gasteiger partial charge in [-0.25, -0.2) is 0 Å². The monoisotopic (exact) mass is 323 g/mol. The summed E-state index contributed by atoms with van der Waals surface area (Å²) in [6, 6.07) is 6.65. The number of aliphatic hydroxyl groups is 1. The number of hydrogen-bond donors (Lipinski definition) is 1. The third kappa shape index (κ3) is 5.46. The number of nitrogens with zero attached hydrogens (tertiary/aromatic N) is 3. The molecule has 0 spiro atoms. The number of β-amino-alcohol motifs (C(OH)–C–C–N with tert-alkyl or cyclic N) is 1. The summed E-state index contributed by atoms with van der Waals surface area (Å²) in [5.41, 5.74) is 1.11. The molecule has 1 N–H and O–H groups in total. The molecule has 1 fully saturated rings. The molecule has 7 nitrogen and oxygen atoms in total. The molecule has 1 aromatic rings. The summed E-state index contributed by atoms with van der Waals surface area (Å²) in [6.45, 7) is 8.28. The van der Waals surface area contributed by atoms with Gasteiger partial charge in [-0.05, 0) is 26.0 Å². The molecular weight excluding hydrogens is 298 g/mol. The zero-order chi connectivity index (χ0) is 16.8. The van der Waals surface area contributed by atoms with Crippen LogP contribution in [0.5, 0.6) is 0 Å². The van der Waals surface area contributed by atoms with Crippen molar-refractivity contribution >= 4 is 11.4 Å². The van der Waals surface area contributed by atoms with Crippen molar-refractivity contribution in [3.8, 4) is 0 Å². The van der Waals surface area contributed by atoms with Gasteiger partial charge >= 0.3 is 0 Å². The lowest BCUT2D eigenvalue weighted by molar-refractivity contribution is -0.384.